The SMILES string of the molecule is CCOC(=O)c1cnc(C2CCC(C)CC2)nc1N. The van der Waals surface area contributed by atoms with E-state index in [4.69, 9.17) is 10.5 Å². The van der Waals surface area contributed by atoms with Gasteiger partial charge in [0.1, 0.15) is 17.2 Å². The van der Waals surface area contributed by atoms with Crippen molar-refractivity contribution in [1.29, 1.82) is 0 Å². The molecule has 2 N–H and O–H groups in total. The fourth-order valence-electron chi connectivity index (χ4n) is 2.49. The van der Waals surface area contributed by atoms with Crippen LogP contribution in [0.3, 0.4) is 0 Å². The van der Waals surface area contributed by atoms with E-state index >= 15 is 0 Å². The van der Waals surface area contributed by atoms with Crippen molar-refractivity contribution in [3.8, 4) is 0 Å². The van der Waals surface area contributed by atoms with Crippen LogP contribution in [0.25, 0.3) is 0 Å². The summed E-state index contributed by atoms with van der Waals surface area (Å²) in [5, 5.41) is 0. The smallest absolute Gasteiger partial charge is 0.343 e. The highest BCUT2D eigenvalue weighted by atomic mass is 16.5. The van der Waals surface area contributed by atoms with Crippen molar-refractivity contribution >= 4 is 11.8 Å². The summed E-state index contributed by atoms with van der Waals surface area (Å²) in [5.41, 5.74) is 6.09. The van der Waals surface area contributed by atoms with Gasteiger partial charge in [0.05, 0.1) is 6.61 Å². The first-order valence-electron chi connectivity index (χ1n) is 6.91. The molecule has 104 valence electrons. The van der Waals surface area contributed by atoms with E-state index in [1.165, 1.54) is 19.0 Å². The molecule has 1 aliphatic carbocycles. The van der Waals surface area contributed by atoms with E-state index in [0.717, 1.165) is 24.6 Å². The highest BCUT2D eigenvalue weighted by Crippen LogP contribution is 2.34. The van der Waals surface area contributed by atoms with Crippen molar-refractivity contribution in [2.75, 3.05) is 12.3 Å². The maximum Gasteiger partial charge on any atom is 0.343 e. The zero-order valence-electron chi connectivity index (χ0n) is 11.6. The quantitative estimate of drug-likeness (QED) is 0.848. The zero-order valence-corrected chi connectivity index (χ0v) is 11.6. The number of carbonyl (C=O) groups is 1. The fraction of sp³-hybridized carbons (Fsp3) is 0.643. The van der Waals surface area contributed by atoms with E-state index < -0.39 is 5.97 Å². The van der Waals surface area contributed by atoms with E-state index in [9.17, 15) is 4.79 Å². The summed E-state index contributed by atoms with van der Waals surface area (Å²) in [7, 11) is 0. The Kier molecular flexibility index (Phi) is 4.35. The number of carbonyl (C=O) groups excluding carboxylic acids is 1. The Morgan fingerprint density at radius 1 is 1.42 bits per heavy atom. The Labute approximate surface area is 113 Å². The molecule has 0 saturated heterocycles. The second kappa shape index (κ2) is 5.99. The minimum absolute atomic E-state index is 0.224. The molecule has 0 aliphatic heterocycles. The summed E-state index contributed by atoms with van der Waals surface area (Å²) in [5.74, 6) is 1.69. The Balaban J connectivity index is 2.12. The molecule has 1 heterocycles. The highest BCUT2D eigenvalue weighted by Gasteiger charge is 2.23. The van der Waals surface area contributed by atoms with Gasteiger partial charge in [-0.3, -0.25) is 0 Å². The number of anilines is 1. The second-order valence-electron chi connectivity index (χ2n) is 5.20. The van der Waals surface area contributed by atoms with Gasteiger partial charge in [0.15, 0.2) is 0 Å². The molecule has 0 unspecified atom stereocenters. The minimum Gasteiger partial charge on any atom is -0.462 e. The third kappa shape index (κ3) is 3.22. The van der Waals surface area contributed by atoms with E-state index in [0.29, 0.717) is 12.5 Å². The lowest BCUT2D eigenvalue weighted by Crippen LogP contribution is -2.16. The van der Waals surface area contributed by atoms with Crippen LogP contribution >= 0.6 is 0 Å². The number of hydrogen-bond acceptors (Lipinski definition) is 5. The van der Waals surface area contributed by atoms with Gasteiger partial charge in [-0.2, -0.15) is 0 Å². The lowest BCUT2D eigenvalue weighted by Gasteiger charge is -2.25. The molecule has 0 atom stereocenters. The van der Waals surface area contributed by atoms with Crippen LogP contribution in [0.1, 0.15) is 61.6 Å². The van der Waals surface area contributed by atoms with Gasteiger partial charge >= 0.3 is 5.97 Å². The summed E-state index contributed by atoms with van der Waals surface area (Å²) in [6.45, 7) is 4.35. The number of hydrogen-bond donors (Lipinski definition) is 1. The van der Waals surface area contributed by atoms with Crippen LogP contribution in [0.15, 0.2) is 6.20 Å². The van der Waals surface area contributed by atoms with Gasteiger partial charge in [0.2, 0.25) is 0 Å². The first-order chi connectivity index (χ1) is 9.11. The molecule has 5 nitrogen and oxygen atoms in total. The first kappa shape index (κ1) is 13.8. The predicted octanol–water partition coefficient (Wildman–Crippen LogP) is 2.53. The standard InChI is InChI=1S/C14H21N3O2/c1-3-19-14(18)11-8-16-13(17-12(11)15)10-6-4-9(2)5-7-10/h8-10H,3-7H2,1-2H3,(H2,15,16,17). The van der Waals surface area contributed by atoms with E-state index in [1.54, 1.807) is 6.92 Å². The molecule has 0 aromatic carbocycles. The Hall–Kier alpha value is -1.65. The van der Waals surface area contributed by atoms with Crippen molar-refractivity contribution in [3.05, 3.63) is 17.6 Å². The zero-order chi connectivity index (χ0) is 13.8. The monoisotopic (exact) mass is 263 g/mol. The molecule has 0 bridgehead atoms. The van der Waals surface area contributed by atoms with Crippen molar-refractivity contribution in [3.63, 3.8) is 0 Å². The third-order valence-corrected chi connectivity index (χ3v) is 3.71. The van der Waals surface area contributed by atoms with Crippen molar-refractivity contribution in [1.82, 2.24) is 9.97 Å². The molecule has 1 aromatic heterocycles. The average molecular weight is 263 g/mol. The van der Waals surface area contributed by atoms with E-state index in [2.05, 4.69) is 16.9 Å². The predicted molar refractivity (Wildman–Crippen MR) is 72.8 cm³/mol. The summed E-state index contributed by atoms with van der Waals surface area (Å²) in [6.07, 6.45) is 6.09. The fourth-order valence-corrected chi connectivity index (χ4v) is 2.49. The van der Waals surface area contributed by atoms with Crippen LogP contribution in [0.5, 0.6) is 0 Å². The lowest BCUT2D eigenvalue weighted by atomic mass is 9.82. The summed E-state index contributed by atoms with van der Waals surface area (Å²) < 4.78 is 4.91. The van der Waals surface area contributed by atoms with Gasteiger partial charge < -0.3 is 10.5 Å². The Morgan fingerprint density at radius 3 is 2.68 bits per heavy atom. The normalized spacial score (nSPS) is 23.1. The van der Waals surface area contributed by atoms with Gasteiger partial charge in [-0.25, -0.2) is 14.8 Å². The van der Waals surface area contributed by atoms with Crippen molar-refractivity contribution in [2.45, 2.75) is 45.4 Å². The number of nitrogens with two attached hydrogens (primary N) is 1. The van der Waals surface area contributed by atoms with Crippen LogP contribution in [0, 0.1) is 5.92 Å². The molecule has 0 spiro atoms. The minimum atomic E-state index is -0.455. The Bertz CT molecular complexity index is 454. The maximum atomic E-state index is 11.6. The molecule has 2 rings (SSSR count). The maximum absolute atomic E-state index is 11.6. The molecule has 0 amide bonds. The van der Waals surface area contributed by atoms with Gasteiger partial charge in [-0.15, -0.1) is 0 Å². The molecular weight excluding hydrogens is 242 g/mol. The van der Waals surface area contributed by atoms with Gasteiger partial charge in [0.25, 0.3) is 0 Å². The van der Waals surface area contributed by atoms with Crippen molar-refractivity contribution in [2.24, 2.45) is 5.92 Å². The number of rotatable bonds is 3. The molecule has 1 aliphatic rings. The Morgan fingerprint density at radius 2 is 2.11 bits per heavy atom. The highest BCUT2D eigenvalue weighted by molar-refractivity contribution is 5.93. The molecule has 0 radical (unpaired) electrons. The summed E-state index contributed by atoms with van der Waals surface area (Å²) >= 11 is 0. The van der Waals surface area contributed by atoms with Gasteiger partial charge in [-0.1, -0.05) is 19.8 Å². The molecule has 5 heteroatoms. The summed E-state index contributed by atoms with van der Waals surface area (Å²) in [6, 6.07) is 0. The number of ether oxygens (including phenoxy) is 1. The lowest BCUT2D eigenvalue weighted by molar-refractivity contribution is 0.0526. The molecule has 1 fully saturated rings. The largest absolute Gasteiger partial charge is 0.462 e. The third-order valence-electron chi connectivity index (χ3n) is 3.71. The number of esters is 1. The van der Waals surface area contributed by atoms with E-state index in [-0.39, 0.29) is 11.4 Å². The summed E-state index contributed by atoms with van der Waals surface area (Å²) in [4.78, 5) is 20.2. The molecule has 19 heavy (non-hydrogen) atoms. The average Bonchev–Trinajstić information content (AvgIpc) is 2.39. The van der Waals surface area contributed by atoms with Crippen LogP contribution in [-0.4, -0.2) is 22.5 Å². The number of nitrogen functional groups attached to an aromatic ring is 1. The first-order valence-corrected chi connectivity index (χ1v) is 6.91. The van der Waals surface area contributed by atoms with Gasteiger partial charge in [-0.05, 0) is 25.7 Å². The topological polar surface area (TPSA) is 78.1 Å². The van der Waals surface area contributed by atoms with Gasteiger partial charge in [0, 0.05) is 12.1 Å². The van der Waals surface area contributed by atoms with E-state index in [1.807, 2.05) is 0 Å². The number of aromatic nitrogens is 2. The molecule has 1 saturated carbocycles. The van der Waals surface area contributed by atoms with Crippen molar-refractivity contribution < 1.29 is 9.53 Å². The van der Waals surface area contributed by atoms with Crippen LogP contribution in [0.2, 0.25) is 0 Å². The molecule has 1 aromatic rings. The van der Waals surface area contributed by atoms with Crippen LogP contribution in [-0.2, 0) is 4.74 Å². The molecular formula is C14H21N3O2. The van der Waals surface area contributed by atoms with Crippen LogP contribution in [0.4, 0.5) is 5.82 Å². The number of nitrogens with zero attached hydrogens (tertiary/aromatic N) is 2. The van der Waals surface area contributed by atoms with Crippen LogP contribution < -0.4 is 5.73 Å². The second-order valence-corrected chi connectivity index (χ2v) is 5.20.